The Morgan fingerprint density at radius 1 is 1.90 bits per heavy atom. The molecule has 1 aromatic rings. The molecule has 54 valence electrons. The van der Waals surface area contributed by atoms with Crippen molar-refractivity contribution in [2.75, 3.05) is 0 Å². The van der Waals surface area contributed by atoms with E-state index in [2.05, 4.69) is 17.0 Å². The summed E-state index contributed by atoms with van der Waals surface area (Å²) in [5, 5.41) is 0. The highest BCUT2D eigenvalue weighted by Gasteiger charge is 2.04. The van der Waals surface area contributed by atoms with E-state index in [9.17, 15) is 0 Å². The molecule has 4 heteroatoms. The minimum atomic E-state index is 0.537. The Balaban J connectivity index is 2.93. The van der Waals surface area contributed by atoms with E-state index in [0.29, 0.717) is 11.5 Å². The van der Waals surface area contributed by atoms with Crippen LogP contribution in [0.2, 0.25) is 0 Å². The molecule has 1 heterocycles. The fourth-order valence-electron chi connectivity index (χ4n) is 0.657. The van der Waals surface area contributed by atoms with Gasteiger partial charge in [0.15, 0.2) is 12.2 Å². The van der Waals surface area contributed by atoms with E-state index in [1.54, 1.807) is 0 Å². The van der Waals surface area contributed by atoms with Gasteiger partial charge in [0, 0.05) is 0 Å². The Morgan fingerprint density at radius 2 is 2.60 bits per heavy atom. The molecule has 0 aliphatic carbocycles. The smallest absolute Gasteiger partial charge is 0.181 e. The summed E-state index contributed by atoms with van der Waals surface area (Å²) in [5.41, 5.74) is 3.70. The third kappa shape index (κ3) is 1.01. The summed E-state index contributed by atoms with van der Waals surface area (Å²) >= 11 is 0. The third-order valence-corrected chi connectivity index (χ3v) is 1.19. The van der Waals surface area contributed by atoms with Gasteiger partial charge >= 0.3 is 0 Å². The van der Waals surface area contributed by atoms with Gasteiger partial charge in [-0.05, 0) is 6.92 Å². The van der Waals surface area contributed by atoms with Gasteiger partial charge in [-0.25, -0.2) is 4.98 Å². The number of oxazole rings is 1. The second-order valence-electron chi connectivity index (χ2n) is 1.89. The van der Waals surface area contributed by atoms with Crippen molar-refractivity contribution in [3.63, 3.8) is 0 Å². The van der Waals surface area contributed by atoms with Gasteiger partial charge in [0.1, 0.15) is 0 Å². The van der Waals surface area contributed by atoms with Crippen LogP contribution in [-0.2, 0) is 0 Å². The van der Waals surface area contributed by atoms with Gasteiger partial charge in [-0.2, -0.15) is 0 Å². The van der Waals surface area contributed by atoms with Crippen LogP contribution < -0.4 is 11.3 Å². The fourth-order valence-corrected chi connectivity index (χ4v) is 0.657. The maximum absolute atomic E-state index is 5.09. The summed E-state index contributed by atoms with van der Waals surface area (Å²) in [4.78, 5) is 3.86. The van der Waals surface area contributed by atoms with Crippen molar-refractivity contribution in [2.45, 2.75) is 6.92 Å². The van der Waals surface area contributed by atoms with Crippen LogP contribution in [0.25, 0.3) is 5.70 Å². The summed E-state index contributed by atoms with van der Waals surface area (Å²) in [7, 11) is 0. The normalized spacial score (nSPS) is 9.40. The Bertz CT molecular complexity index is 241. The minimum absolute atomic E-state index is 0.537. The predicted molar refractivity (Wildman–Crippen MR) is 37.6 cm³/mol. The first kappa shape index (κ1) is 6.82. The van der Waals surface area contributed by atoms with Crippen molar-refractivity contribution in [1.82, 2.24) is 10.4 Å². The zero-order valence-electron chi connectivity index (χ0n) is 5.72. The lowest BCUT2D eigenvalue weighted by atomic mass is 10.3. The van der Waals surface area contributed by atoms with E-state index in [1.807, 2.05) is 6.92 Å². The van der Waals surface area contributed by atoms with Gasteiger partial charge in [0.25, 0.3) is 0 Å². The van der Waals surface area contributed by atoms with Crippen molar-refractivity contribution >= 4 is 5.70 Å². The lowest BCUT2D eigenvalue weighted by molar-refractivity contribution is 0.538. The fraction of sp³-hybridized carbons (Fsp3) is 0.167. The van der Waals surface area contributed by atoms with Crippen LogP contribution in [0.5, 0.6) is 0 Å². The summed E-state index contributed by atoms with van der Waals surface area (Å²) in [6.07, 6.45) is 1.35. The first-order chi connectivity index (χ1) is 4.75. The molecule has 0 aliphatic rings. The number of hydrogen-bond acceptors (Lipinski definition) is 4. The molecule has 1 aromatic heterocycles. The Kier molecular flexibility index (Phi) is 1.73. The molecule has 0 bridgehead atoms. The second kappa shape index (κ2) is 2.53. The largest absolute Gasteiger partial charge is 0.442 e. The average molecular weight is 139 g/mol. The zero-order valence-corrected chi connectivity index (χ0v) is 5.72. The zero-order chi connectivity index (χ0) is 7.56. The molecule has 1 rings (SSSR count). The van der Waals surface area contributed by atoms with Crippen molar-refractivity contribution in [2.24, 2.45) is 5.84 Å². The first-order valence-corrected chi connectivity index (χ1v) is 2.81. The van der Waals surface area contributed by atoms with E-state index >= 15 is 0 Å². The van der Waals surface area contributed by atoms with E-state index in [1.165, 1.54) is 6.39 Å². The Hall–Kier alpha value is -1.29. The molecule has 0 aliphatic heterocycles. The topological polar surface area (TPSA) is 64.1 Å². The number of hydrazine groups is 1. The first-order valence-electron chi connectivity index (χ1n) is 2.81. The van der Waals surface area contributed by atoms with Crippen LogP contribution in [0, 0.1) is 6.92 Å². The molecule has 0 unspecified atom stereocenters. The van der Waals surface area contributed by atoms with Crippen molar-refractivity contribution in [3.05, 3.63) is 24.4 Å². The van der Waals surface area contributed by atoms with Gasteiger partial charge in [0.05, 0.1) is 11.4 Å². The molecule has 0 saturated carbocycles. The van der Waals surface area contributed by atoms with Crippen molar-refractivity contribution in [1.29, 1.82) is 0 Å². The van der Waals surface area contributed by atoms with Crippen LogP contribution in [-0.4, -0.2) is 4.98 Å². The molecule has 0 amide bonds. The molecular formula is C6H9N3O. The molecule has 10 heavy (non-hydrogen) atoms. The van der Waals surface area contributed by atoms with Crippen LogP contribution in [0.3, 0.4) is 0 Å². The SMILES string of the molecule is C=C(NN)c1ocnc1C. The molecule has 0 fully saturated rings. The number of aryl methyl sites for hydroxylation is 1. The van der Waals surface area contributed by atoms with Crippen molar-refractivity contribution < 1.29 is 4.42 Å². The number of nitrogens with two attached hydrogens (primary N) is 1. The summed E-state index contributed by atoms with van der Waals surface area (Å²) in [6.45, 7) is 5.43. The van der Waals surface area contributed by atoms with E-state index in [4.69, 9.17) is 10.3 Å². The monoisotopic (exact) mass is 139 g/mol. The lowest BCUT2D eigenvalue weighted by Gasteiger charge is -1.98. The van der Waals surface area contributed by atoms with Crippen LogP contribution in [0.4, 0.5) is 0 Å². The number of aromatic nitrogens is 1. The maximum Gasteiger partial charge on any atom is 0.181 e. The van der Waals surface area contributed by atoms with Crippen LogP contribution in [0.1, 0.15) is 11.5 Å². The lowest BCUT2D eigenvalue weighted by Crippen LogP contribution is -2.19. The summed E-state index contributed by atoms with van der Waals surface area (Å²) in [5.74, 6) is 5.69. The van der Waals surface area contributed by atoms with Gasteiger partial charge in [-0.1, -0.05) is 6.58 Å². The molecule has 0 radical (unpaired) electrons. The standard InChI is InChI=1S/C6H9N3O/c1-4-6(5(2)9-7)10-3-8-4/h3,9H,2,7H2,1H3. The summed E-state index contributed by atoms with van der Waals surface area (Å²) in [6, 6.07) is 0. The van der Waals surface area contributed by atoms with Gasteiger partial charge in [0.2, 0.25) is 0 Å². The molecule has 3 N–H and O–H groups in total. The van der Waals surface area contributed by atoms with Crippen LogP contribution in [0.15, 0.2) is 17.4 Å². The molecule has 0 atom stereocenters. The van der Waals surface area contributed by atoms with Gasteiger partial charge in [-0.3, -0.25) is 5.84 Å². The Labute approximate surface area is 58.7 Å². The second-order valence-corrected chi connectivity index (χ2v) is 1.89. The number of nitrogens with zero attached hydrogens (tertiary/aromatic N) is 1. The molecule has 0 saturated heterocycles. The third-order valence-electron chi connectivity index (χ3n) is 1.19. The molecule has 4 nitrogen and oxygen atoms in total. The minimum Gasteiger partial charge on any atom is -0.442 e. The van der Waals surface area contributed by atoms with E-state index in [0.717, 1.165) is 5.69 Å². The number of rotatable bonds is 2. The number of hydrogen-bond donors (Lipinski definition) is 2. The molecular weight excluding hydrogens is 130 g/mol. The average Bonchev–Trinajstić information content (AvgIpc) is 2.34. The number of nitrogens with one attached hydrogen (secondary N) is 1. The van der Waals surface area contributed by atoms with Gasteiger partial charge < -0.3 is 9.84 Å². The Morgan fingerprint density at radius 3 is 3.00 bits per heavy atom. The van der Waals surface area contributed by atoms with Crippen LogP contribution >= 0.6 is 0 Å². The summed E-state index contributed by atoms with van der Waals surface area (Å²) < 4.78 is 4.96. The van der Waals surface area contributed by atoms with E-state index < -0.39 is 0 Å². The highest BCUT2D eigenvalue weighted by atomic mass is 16.3. The molecule has 0 aromatic carbocycles. The highest BCUT2D eigenvalue weighted by Crippen LogP contribution is 2.11. The maximum atomic E-state index is 5.09. The van der Waals surface area contributed by atoms with Crippen molar-refractivity contribution in [3.8, 4) is 0 Å². The predicted octanol–water partition coefficient (Wildman–Crippen LogP) is 0.417. The highest BCUT2D eigenvalue weighted by molar-refractivity contribution is 5.57. The quantitative estimate of drug-likeness (QED) is 0.460. The van der Waals surface area contributed by atoms with Gasteiger partial charge in [-0.15, -0.1) is 0 Å². The molecule has 0 spiro atoms. The van der Waals surface area contributed by atoms with E-state index in [-0.39, 0.29) is 0 Å².